The lowest BCUT2D eigenvalue weighted by Gasteiger charge is -1.57. The van der Waals surface area contributed by atoms with Crippen LogP contribution in [-0.4, -0.2) is 20.3 Å². The summed E-state index contributed by atoms with van der Waals surface area (Å²) in [6.07, 6.45) is 1.51. The van der Waals surface area contributed by atoms with E-state index in [0.717, 1.165) is 0 Å². The molecule has 0 unspecified atom stereocenters. The molecule has 0 fully saturated rings. The maximum absolute atomic E-state index is 4.31. The zero-order valence-corrected chi connectivity index (χ0v) is 3.83. The minimum absolute atomic E-state index is 0.519. The van der Waals surface area contributed by atoms with Gasteiger partial charge in [0.05, 0.1) is 6.33 Å². The molecule has 0 saturated carbocycles. The van der Waals surface area contributed by atoms with E-state index in [0.29, 0.717) is 11.3 Å². The minimum atomic E-state index is 0.519. The third-order valence-corrected chi connectivity index (χ3v) is 0.859. The molecule has 2 rings (SSSR count). The molecule has 40 valence electrons. The lowest BCUT2D eigenvalue weighted by Crippen LogP contribution is -1.58. The highest BCUT2D eigenvalue weighted by Gasteiger charge is 1.97. The molecule has 0 aliphatic carbocycles. The molecule has 2 aromatic heterocycles. The molecule has 0 aromatic carbocycles. The van der Waals surface area contributed by atoms with Crippen LogP contribution in [0.2, 0.25) is 0 Å². The average Bonchev–Trinajstić information content (AvgIpc) is 2.15. The van der Waals surface area contributed by atoms with Crippen molar-refractivity contribution >= 4 is 11.3 Å². The van der Waals surface area contributed by atoms with Gasteiger partial charge in [0.25, 0.3) is 0 Å². The van der Waals surface area contributed by atoms with Crippen LogP contribution in [0.5, 0.6) is 0 Å². The van der Waals surface area contributed by atoms with Crippen molar-refractivity contribution in [3.05, 3.63) is 6.33 Å². The van der Waals surface area contributed by atoms with E-state index in [2.05, 4.69) is 24.9 Å². The number of aromatic nitrogens is 4. The molecular weight excluding hydrogens is 108 g/mol. The molecule has 1 N–H and O–H groups in total. The third kappa shape index (κ3) is 0.281. The number of imidazole rings is 1. The SMILES string of the molecule is c1nc2nonc2[nH]1. The van der Waals surface area contributed by atoms with E-state index in [9.17, 15) is 0 Å². The molecular formula is C3H2N4O. The number of nitrogens with one attached hydrogen (secondary N) is 1. The lowest BCUT2D eigenvalue weighted by molar-refractivity contribution is 0.313. The first-order chi connectivity index (χ1) is 3.97. The van der Waals surface area contributed by atoms with E-state index in [1.54, 1.807) is 0 Å². The van der Waals surface area contributed by atoms with Gasteiger partial charge in [-0.25, -0.2) is 9.61 Å². The molecule has 0 amide bonds. The quantitative estimate of drug-likeness (QED) is 0.516. The highest BCUT2D eigenvalue weighted by Crippen LogP contribution is 1.97. The van der Waals surface area contributed by atoms with Crippen LogP contribution in [0.25, 0.3) is 11.3 Å². The van der Waals surface area contributed by atoms with E-state index in [4.69, 9.17) is 0 Å². The fourth-order valence-corrected chi connectivity index (χ4v) is 0.514. The summed E-state index contributed by atoms with van der Waals surface area (Å²) in [7, 11) is 0. The Morgan fingerprint density at radius 1 is 1.50 bits per heavy atom. The Morgan fingerprint density at radius 3 is 3.38 bits per heavy atom. The van der Waals surface area contributed by atoms with Gasteiger partial charge >= 0.3 is 0 Å². The smallest absolute Gasteiger partial charge is 0.242 e. The second-order valence-electron chi connectivity index (χ2n) is 1.34. The van der Waals surface area contributed by atoms with Crippen molar-refractivity contribution in [1.29, 1.82) is 0 Å². The third-order valence-electron chi connectivity index (χ3n) is 0.859. The van der Waals surface area contributed by atoms with Gasteiger partial charge in [-0.1, -0.05) is 0 Å². The van der Waals surface area contributed by atoms with Crippen molar-refractivity contribution in [2.45, 2.75) is 0 Å². The number of rotatable bonds is 0. The van der Waals surface area contributed by atoms with E-state index >= 15 is 0 Å². The average molecular weight is 110 g/mol. The van der Waals surface area contributed by atoms with Crippen molar-refractivity contribution in [2.75, 3.05) is 0 Å². The van der Waals surface area contributed by atoms with Crippen LogP contribution >= 0.6 is 0 Å². The van der Waals surface area contributed by atoms with Crippen molar-refractivity contribution < 1.29 is 4.63 Å². The number of hydrogen-bond acceptors (Lipinski definition) is 4. The molecule has 5 nitrogen and oxygen atoms in total. The van der Waals surface area contributed by atoms with Gasteiger partial charge in [0.15, 0.2) is 0 Å². The predicted molar refractivity (Wildman–Crippen MR) is 23.9 cm³/mol. The Bertz CT molecular complexity index is 233. The molecule has 0 spiro atoms. The summed E-state index contributed by atoms with van der Waals surface area (Å²) in [6.45, 7) is 0. The zero-order chi connectivity index (χ0) is 5.40. The molecule has 0 saturated heterocycles. The normalized spacial score (nSPS) is 10.5. The molecule has 0 radical (unpaired) electrons. The van der Waals surface area contributed by atoms with Crippen LogP contribution in [0.1, 0.15) is 0 Å². The molecule has 0 aliphatic heterocycles. The zero-order valence-electron chi connectivity index (χ0n) is 3.83. The second-order valence-corrected chi connectivity index (χ2v) is 1.34. The first-order valence-corrected chi connectivity index (χ1v) is 2.08. The van der Waals surface area contributed by atoms with Gasteiger partial charge in [0.2, 0.25) is 11.3 Å². The Balaban J connectivity index is 3.06. The van der Waals surface area contributed by atoms with Gasteiger partial charge in [-0.05, 0) is 10.3 Å². The number of H-pyrrole nitrogens is 1. The monoisotopic (exact) mass is 110 g/mol. The van der Waals surface area contributed by atoms with E-state index < -0.39 is 0 Å². The summed E-state index contributed by atoms with van der Waals surface area (Å²) in [4.78, 5) is 6.48. The van der Waals surface area contributed by atoms with Crippen molar-refractivity contribution in [3.63, 3.8) is 0 Å². The molecule has 0 bridgehead atoms. The van der Waals surface area contributed by atoms with E-state index in [-0.39, 0.29) is 0 Å². The van der Waals surface area contributed by atoms with Gasteiger partial charge in [-0.2, -0.15) is 0 Å². The van der Waals surface area contributed by atoms with Gasteiger partial charge in [-0.3, -0.25) is 0 Å². The Kier molecular flexibility index (Phi) is 0.476. The Hall–Kier alpha value is -1.39. The van der Waals surface area contributed by atoms with Crippen LogP contribution in [0, 0.1) is 0 Å². The lowest BCUT2D eigenvalue weighted by atomic mass is 10.8. The van der Waals surface area contributed by atoms with Crippen LogP contribution in [0.4, 0.5) is 0 Å². The van der Waals surface area contributed by atoms with E-state index in [1.807, 2.05) is 0 Å². The maximum Gasteiger partial charge on any atom is 0.242 e. The standard InChI is InChI=1S/C3H2N4O/c1-4-2-3(5-1)7-8-6-2/h1H,(H,4,5,6,7). The first kappa shape index (κ1) is 3.59. The number of fused-ring (bicyclic) bond motifs is 1. The van der Waals surface area contributed by atoms with Crippen LogP contribution in [0.15, 0.2) is 11.0 Å². The number of aromatic amines is 1. The molecule has 5 heteroatoms. The van der Waals surface area contributed by atoms with Crippen molar-refractivity contribution in [2.24, 2.45) is 0 Å². The number of hydrogen-bond donors (Lipinski definition) is 1. The summed E-state index contributed by atoms with van der Waals surface area (Å²) in [5.74, 6) is 0. The number of nitrogens with zero attached hydrogens (tertiary/aromatic N) is 3. The van der Waals surface area contributed by atoms with Gasteiger partial charge in [0, 0.05) is 0 Å². The van der Waals surface area contributed by atoms with Gasteiger partial charge in [0.1, 0.15) is 0 Å². The molecule has 0 aliphatic rings. The van der Waals surface area contributed by atoms with Gasteiger partial charge in [-0.15, -0.1) is 0 Å². The molecule has 8 heavy (non-hydrogen) atoms. The van der Waals surface area contributed by atoms with Crippen LogP contribution < -0.4 is 0 Å². The highest BCUT2D eigenvalue weighted by molar-refractivity contribution is 5.61. The van der Waals surface area contributed by atoms with Crippen LogP contribution in [-0.2, 0) is 0 Å². The molecule has 2 heterocycles. The largest absolute Gasteiger partial charge is 0.325 e. The molecule has 2 aromatic rings. The van der Waals surface area contributed by atoms with Gasteiger partial charge < -0.3 is 4.98 Å². The maximum atomic E-state index is 4.31. The summed E-state index contributed by atoms with van der Waals surface area (Å²) >= 11 is 0. The fourth-order valence-electron chi connectivity index (χ4n) is 0.514. The summed E-state index contributed by atoms with van der Waals surface area (Å²) in [6, 6.07) is 0. The minimum Gasteiger partial charge on any atom is -0.325 e. The second kappa shape index (κ2) is 1.06. The summed E-state index contributed by atoms with van der Waals surface area (Å²) in [5.41, 5.74) is 1.11. The van der Waals surface area contributed by atoms with Crippen molar-refractivity contribution in [1.82, 2.24) is 20.3 Å². The van der Waals surface area contributed by atoms with E-state index in [1.165, 1.54) is 6.33 Å². The first-order valence-electron chi connectivity index (χ1n) is 2.08. The topological polar surface area (TPSA) is 67.6 Å². The fraction of sp³-hybridized carbons (Fsp3) is 0. The van der Waals surface area contributed by atoms with Crippen LogP contribution in [0.3, 0.4) is 0 Å². The Morgan fingerprint density at radius 2 is 2.50 bits per heavy atom. The summed E-state index contributed by atoms with van der Waals surface area (Å²) < 4.78 is 4.31. The summed E-state index contributed by atoms with van der Waals surface area (Å²) in [5, 5.41) is 6.92. The highest BCUT2D eigenvalue weighted by atomic mass is 16.6. The van der Waals surface area contributed by atoms with Crippen molar-refractivity contribution in [3.8, 4) is 0 Å². The predicted octanol–water partition coefficient (Wildman–Crippen LogP) is -0.0541. The molecule has 0 atom stereocenters. The Labute approximate surface area is 43.7 Å².